The Morgan fingerprint density at radius 2 is 1.70 bits per heavy atom. The molecule has 2 aromatic rings. The molecule has 0 bridgehead atoms. The van der Waals surface area contributed by atoms with Crippen LogP contribution >= 0.6 is 0 Å². The molecule has 0 atom stereocenters. The van der Waals surface area contributed by atoms with Gasteiger partial charge in [-0.25, -0.2) is 12.8 Å². The molecule has 1 fully saturated rings. The zero-order valence-electron chi connectivity index (χ0n) is 17.0. The van der Waals surface area contributed by atoms with Crippen molar-refractivity contribution in [1.29, 1.82) is 0 Å². The van der Waals surface area contributed by atoms with Crippen molar-refractivity contribution >= 4 is 21.6 Å². The largest absolute Gasteiger partial charge is 0.495 e. The fourth-order valence-corrected chi connectivity index (χ4v) is 4.94. The molecule has 1 N–H and O–H groups in total. The number of anilines is 1. The first-order chi connectivity index (χ1) is 14.3. The second kappa shape index (κ2) is 9.44. The molecule has 30 heavy (non-hydrogen) atoms. The first-order valence-corrected chi connectivity index (χ1v) is 11.1. The van der Waals surface area contributed by atoms with Crippen LogP contribution in [0.1, 0.15) is 24.8 Å². The summed E-state index contributed by atoms with van der Waals surface area (Å²) >= 11 is 0. The number of hydrogen-bond donors (Lipinski definition) is 1. The Kier molecular flexibility index (Phi) is 6.94. The summed E-state index contributed by atoms with van der Waals surface area (Å²) in [5.41, 5.74) is 0.705. The Bertz CT molecular complexity index is 1020. The molecule has 0 aliphatic carbocycles. The summed E-state index contributed by atoms with van der Waals surface area (Å²) < 4.78 is 51.3. The van der Waals surface area contributed by atoms with E-state index >= 15 is 0 Å². The maximum atomic E-state index is 13.9. The van der Waals surface area contributed by atoms with E-state index in [9.17, 15) is 17.6 Å². The standard InChI is InChI=1S/C21H25FN2O5S/c1-28-19-8-6-15(12-17(19)22)13-21(25)23-18-14-16(7-9-20(18)29-2)30(26,27)24-10-4-3-5-11-24/h6-9,12,14H,3-5,10-11,13H2,1-2H3,(H,23,25). The lowest BCUT2D eigenvalue weighted by Gasteiger charge is -2.26. The van der Waals surface area contributed by atoms with E-state index in [1.807, 2.05) is 0 Å². The van der Waals surface area contributed by atoms with Crippen LogP contribution in [0.4, 0.5) is 10.1 Å². The lowest BCUT2D eigenvalue weighted by Crippen LogP contribution is -2.35. The minimum atomic E-state index is -3.65. The Morgan fingerprint density at radius 3 is 2.33 bits per heavy atom. The van der Waals surface area contributed by atoms with Gasteiger partial charge < -0.3 is 14.8 Å². The van der Waals surface area contributed by atoms with Gasteiger partial charge in [-0.15, -0.1) is 0 Å². The van der Waals surface area contributed by atoms with Gasteiger partial charge in [-0.1, -0.05) is 12.5 Å². The average molecular weight is 437 g/mol. The maximum absolute atomic E-state index is 13.9. The minimum Gasteiger partial charge on any atom is -0.495 e. The molecule has 2 aromatic carbocycles. The quantitative estimate of drug-likeness (QED) is 0.721. The van der Waals surface area contributed by atoms with Gasteiger partial charge in [-0.2, -0.15) is 4.31 Å². The molecule has 7 nitrogen and oxygen atoms in total. The van der Waals surface area contributed by atoms with Crippen molar-refractivity contribution in [2.45, 2.75) is 30.6 Å². The van der Waals surface area contributed by atoms with Gasteiger partial charge in [0.05, 0.1) is 31.2 Å². The van der Waals surface area contributed by atoms with Crippen LogP contribution < -0.4 is 14.8 Å². The molecule has 1 aliphatic rings. The number of ether oxygens (including phenoxy) is 2. The van der Waals surface area contributed by atoms with Gasteiger partial charge in [0.25, 0.3) is 0 Å². The summed E-state index contributed by atoms with van der Waals surface area (Å²) in [6.45, 7) is 0.970. The van der Waals surface area contributed by atoms with E-state index in [1.165, 1.54) is 48.9 Å². The van der Waals surface area contributed by atoms with Gasteiger partial charge >= 0.3 is 0 Å². The molecule has 9 heteroatoms. The lowest BCUT2D eigenvalue weighted by molar-refractivity contribution is -0.115. The van der Waals surface area contributed by atoms with Crippen LogP contribution in [0.15, 0.2) is 41.3 Å². The van der Waals surface area contributed by atoms with Crippen LogP contribution in [0.3, 0.4) is 0 Å². The van der Waals surface area contributed by atoms with E-state index in [2.05, 4.69) is 5.32 Å². The number of sulfonamides is 1. The predicted octanol–water partition coefficient (Wildman–Crippen LogP) is 3.20. The molecule has 1 saturated heterocycles. The molecular formula is C21H25FN2O5S. The number of amides is 1. The van der Waals surface area contributed by atoms with E-state index in [0.29, 0.717) is 24.4 Å². The van der Waals surface area contributed by atoms with Crippen molar-refractivity contribution in [2.24, 2.45) is 0 Å². The van der Waals surface area contributed by atoms with Gasteiger partial charge in [-0.3, -0.25) is 4.79 Å². The second-order valence-corrected chi connectivity index (χ2v) is 8.96. The van der Waals surface area contributed by atoms with Gasteiger partial charge in [-0.05, 0) is 48.7 Å². The Hall–Kier alpha value is -2.65. The van der Waals surface area contributed by atoms with Crippen LogP contribution in [0.2, 0.25) is 0 Å². The summed E-state index contributed by atoms with van der Waals surface area (Å²) in [6.07, 6.45) is 2.59. The number of benzene rings is 2. The Labute approximate surface area is 175 Å². The van der Waals surface area contributed by atoms with Crippen molar-refractivity contribution in [1.82, 2.24) is 4.31 Å². The van der Waals surface area contributed by atoms with E-state index < -0.39 is 21.7 Å². The van der Waals surface area contributed by atoms with Crippen molar-refractivity contribution in [3.8, 4) is 11.5 Å². The predicted molar refractivity (Wildman–Crippen MR) is 111 cm³/mol. The molecule has 0 aromatic heterocycles. The minimum absolute atomic E-state index is 0.0901. The fourth-order valence-electron chi connectivity index (χ4n) is 3.40. The molecule has 0 radical (unpaired) electrons. The molecule has 0 unspecified atom stereocenters. The third-order valence-electron chi connectivity index (χ3n) is 4.98. The van der Waals surface area contributed by atoms with Crippen LogP contribution in [-0.4, -0.2) is 45.9 Å². The number of methoxy groups -OCH3 is 2. The average Bonchev–Trinajstić information content (AvgIpc) is 2.74. The monoisotopic (exact) mass is 436 g/mol. The fraction of sp³-hybridized carbons (Fsp3) is 0.381. The van der Waals surface area contributed by atoms with Crippen molar-refractivity contribution in [3.05, 3.63) is 47.8 Å². The highest BCUT2D eigenvalue weighted by atomic mass is 32.2. The molecule has 0 saturated carbocycles. The first kappa shape index (κ1) is 22.0. The highest BCUT2D eigenvalue weighted by molar-refractivity contribution is 7.89. The Balaban J connectivity index is 1.80. The third-order valence-corrected chi connectivity index (χ3v) is 6.87. The second-order valence-electron chi connectivity index (χ2n) is 7.02. The molecular weight excluding hydrogens is 411 g/mol. The van der Waals surface area contributed by atoms with E-state index in [-0.39, 0.29) is 22.8 Å². The van der Waals surface area contributed by atoms with Crippen molar-refractivity contribution in [3.63, 3.8) is 0 Å². The van der Waals surface area contributed by atoms with Gasteiger partial charge in [0, 0.05) is 13.1 Å². The zero-order valence-corrected chi connectivity index (χ0v) is 17.8. The number of rotatable bonds is 7. The summed E-state index contributed by atoms with van der Waals surface area (Å²) in [4.78, 5) is 12.6. The number of halogens is 1. The smallest absolute Gasteiger partial charge is 0.243 e. The van der Waals surface area contributed by atoms with Crippen LogP contribution in [0.25, 0.3) is 0 Å². The SMILES string of the molecule is COc1ccc(CC(=O)Nc2cc(S(=O)(=O)N3CCCCC3)ccc2OC)cc1F. The van der Waals surface area contributed by atoms with E-state index in [4.69, 9.17) is 9.47 Å². The molecule has 1 heterocycles. The van der Waals surface area contributed by atoms with E-state index in [1.54, 1.807) is 6.07 Å². The summed E-state index contributed by atoms with van der Waals surface area (Å²) in [5, 5.41) is 2.67. The highest BCUT2D eigenvalue weighted by Crippen LogP contribution is 2.30. The number of nitrogens with zero attached hydrogens (tertiary/aromatic N) is 1. The zero-order chi connectivity index (χ0) is 21.7. The van der Waals surface area contributed by atoms with E-state index in [0.717, 1.165) is 19.3 Å². The molecule has 0 spiro atoms. The summed E-state index contributed by atoms with van der Waals surface area (Å²) in [5.74, 6) is -0.557. The number of piperidine rings is 1. The van der Waals surface area contributed by atoms with Crippen LogP contribution in [-0.2, 0) is 21.2 Å². The van der Waals surface area contributed by atoms with Crippen LogP contribution in [0, 0.1) is 5.82 Å². The first-order valence-electron chi connectivity index (χ1n) is 9.65. The third kappa shape index (κ3) is 4.91. The normalized spacial score (nSPS) is 14.9. The Morgan fingerprint density at radius 1 is 1.03 bits per heavy atom. The van der Waals surface area contributed by atoms with Crippen LogP contribution in [0.5, 0.6) is 11.5 Å². The highest BCUT2D eigenvalue weighted by Gasteiger charge is 2.27. The van der Waals surface area contributed by atoms with Gasteiger partial charge in [0.15, 0.2) is 11.6 Å². The topological polar surface area (TPSA) is 84.9 Å². The lowest BCUT2D eigenvalue weighted by atomic mass is 10.1. The summed E-state index contributed by atoms with van der Waals surface area (Å²) in [7, 11) is -0.858. The van der Waals surface area contributed by atoms with Crippen molar-refractivity contribution < 1.29 is 27.1 Å². The molecule has 1 aliphatic heterocycles. The van der Waals surface area contributed by atoms with Gasteiger partial charge in [0.1, 0.15) is 5.75 Å². The number of hydrogen-bond acceptors (Lipinski definition) is 5. The van der Waals surface area contributed by atoms with Gasteiger partial charge in [0.2, 0.25) is 15.9 Å². The molecule has 1 amide bonds. The maximum Gasteiger partial charge on any atom is 0.243 e. The number of nitrogens with one attached hydrogen (secondary N) is 1. The molecule has 3 rings (SSSR count). The molecule has 162 valence electrons. The number of carbonyl (C=O) groups excluding carboxylic acids is 1. The summed E-state index contributed by atoms with van der Waals surface area (Å²) in [6, 6.07) is 8.65. The van der Waals surface area contributed by atoms with Crippen molar-refractivity contribution in [2.75, 3.05) is 32.6 Å². The number of carbonyl (C=O) groups is 1.